The fourth-order valence-electron chi connectivity index (χ4n) is 3.49. The molecule has 1 aliphatic heterocycles. The first kappa shape index (κ1) is 15.3. The van der Waals surface area contributed by atoms with E-state index >= 15 is 0 Å². The molecule has 2 unspecified atom stereocenters. The van der Waals surface area contributed by atoms with E-state index < -0.39 is 0 Å². The van der Waals surface area contributed by atoms with Crippen molar-refractivity contribution in [2.45, 2.75) is 57.9 Å². The summed E-state index contributed by atoms with van der Waals surface area (Å²) in [6.45, 7) is 5.82. The molecular weight excluding hydrogens is 232 g/mol. The van der Waals surface area contributed by atoms with Crippen molar-refractivity contribution < 1.29 is 0 Å². The van der Waals surface area contributed by atoms with Crippen LogP contribution in [0.3, 0.4) is 0 Å². The molecule has 2 rings (SSSR count). The van der Waals surface area contributed by atoms with Gasteiger partial charge in [-0.05, 0) is 44.2 Å². The lowest BCUT2D eigenvalue weighted by atomic mass is 9.91. The molecule has 0 aromatic rings. The summed E-state index contributed by atoms with van der Waals surface area (Å²) in [7, 11) is 0. The highest BCUT2D eigenvalue weighted by Gasteiger charge is 2.26. The molecule has 0 amide bonds. The van der Waals surface area contributed by atoms with Crippen molar-refractivity contribution >= 4 is 12.4 Å². The van der Waals surface area contributed by atoms with Crippen molar-refractivity contribution in [3.05, 3.63) is 0 Å². The molecule has 0 aromatic heterocycles. The Morgan fingerprint density at radius 3 is 2.53 bits per heavy atom. The Kier molecular flexibility index (Phi) is 6.83. The highest BCUT2D eigenvalue weighted by atomic mass is 35.5. The number of nitrogens with two attached hydrogens (primary N) is 1. The molecule has 0 spiro atoms. The van der Waals surface area contributed by atoms with Crippen molar-refractivity contribution in [1.82, 2.24) is 4.90 Å². The molecule has 1 saturated carbocycles. The molecular formula is C14H29ClN2. The summed E-state index contributed by atoms with van der Waals surface area (Å²) in [5.74, 6) is 1.91. The molecule has 1 aliphatic carbocycles. The number of hydrogen-bond donors (Lipinski definition) is 1. The molecule has 102 valence electrons. The molecule has 2 atom stereocenters. The van der Waals surface area contributed by atoms with Gasteiger partial charge in [-0.25, -0.2) is 0 Å². The third-order valence-electron chi connectivity index (χ3n) is 4.67. The standard InChI is InChI=1S/C14H28N2.ClH/c1-12-6-8-16(14(10-12)11-15)9-7-13-4-2-3-5-13;/h12-14H,2-11,15H2,1H3;1H. The number of nitrogens with zero attached hydrogens (tertiary/aromatic N) is 1. The topological polar surface area (TPSA) is 29.3 Å². The van der Waals surface area contributed by atoms with E-state index in [4.69, 9.17) is 5.73 Å². The zero-order chi connectivity index (χ0) is 11.4. The van der Waals surface area contributed by atoms with Crippen LogP contribution in [0.2, 0.25) is 0 Å². The average molecular weight is 261 g/mol. The maximum atomic E-state index is 5.90. The minimum atomic E-state index is 0. The molecule has 2 nitrogen and oxygen atoms in total. The van der Waals surface area contributed by atoms with Crippen LogP contribution in [0.25, 0.3) is 0 Å². The summed E-state index contributed by atoms with van der Waals surface area (Å²) < 4.78 is 0. The van der Waals surface area contributed by atoms with E-state index in [9.17, 15) is 0 Å². The maximum Gasteiger partial charge on any atom is 0.0220 e. The third kappa shape index (κ3) is 4.42. The molecule has 0 radical (unpaired) electrons. The normalized spacial score (nSPS) is 31.4. The number of halogens is 1. The quantitative estimate of drug-likeness (QED) is 0.842. The predicted molar refractivity (Wildman–Crippen MR) is 76.6 cm³/mol. The van der Waals surface area contributed by atoms with Crippen LogP contribution in [0.4, 0.5) is 0 Å². The Bertz CT molecular complexity index is 204. The molecule has 2 aliphatic rings. The van der Waals surface area contributed by atoms with Crippen LogP contribution >= 0.6 is 12.4 Å². The molecule has 17 heavy (non-hydrogen) atoms. The van der Waals surface area contributed by atoms with Gasteiger partial charge in [0.25, 0.3) is 0 Å². The largest absolute Gasteiger partial charge is 0.329 e. The van der Waals surface area contributed by atoms with E-state index in [0.717, 1.165) is 18.4 Å². The lowest BCUT2D eigenvalue weighted by Crippen LogP contribution is -2.46. The first-order valence-corrected chi connectivity index (χ1v) is 7.23. The summed E-state index contributed by atoms with van der Waals surface area (Å²) in [4.78, 5) is 2.66. The Balaban J connectivity index is 0.00000144. The van der Waals surface area contributed by atoms with Gasteiger partial charge >= 0.3 is 0 Å². The Morgan fingerprint density at radius 1 is 1.18 bits per heavy atom. The van der Waals surface area contributed by atoms with Gasteiger partial charge in [0.2, 0.25) is 0 Å². The molecule has 1 saturated heterocycles. The second-order valence-electron chi connectivity index (χ2n) is 5.99. The summed E-state index contributed by atoms with van der Waals surface area (Å²) in [6, 6.07) is 0.671. The van der Waals surface area contributed by atoms with Crippen molar-refractivity contribution in [1.29, 1.82) is 0 Å². The lowest BCUT2D eigenvalue weighted by Gasteiger charge is -2.38. The van der Waals surface area contributed by atoms with Gasteiger partial charge < -0.3 is 5.73 Å². The lowest BCUT2D eigenvalue weighted by molar-refractivity contribution is 0.115. The zero-order valence-corrected chi connectivity index (χ0v) is 12.1. The van der Waals surface area contributed by atoms with E-state index in [1.54, 1.807) is 0 Å². The molecule has 2 N–H and O–H groups in total. The second-order valence-corrected chi connectivity index (χ2v) is 5.99. The van der Waals surface area contributed by atoms with Crippen molar-refractivity contribution in [2.75, 3.05) is 19.6 Å². The average Bonchev–Trinajstić information content (AvgIpc) is 2.80. The Hall–Kier alpha value is 0.210. The van der Waals surface area contributed by atoms with Crippen LogP contribution in [0.1, 0.15) is 51.9 Å². The van der Waals surface area contributed by atoms with Crippen molar-refractivity contribution in [2.24, 2.45) is 17.6 Å². The fraction of sp³-hybridized carbons (Fsp3) is 1.00. The van der Waals surface area contributed by atoms with Crippen LogP contribution < -0.4 is 5.73 Å². The van der Waals surface area contributed by atoms with Gasteiger partial charge in [0.15, 0.2) is 0 Å². The minimum Gasteiger partial charge on any atom is -0.329 e. The van der Waals surface area contributed by atoms with Gasteiger partial charge in [0, 0.05) is 12.6 Å². The van der Waals surface area contributed by atoms with E-state index in [1.807, 2.05) is 0 Å². The molecule has 1 heterocycles. The summed E-state index contributed by atoms with van der Waals surface area (Å²) in [5, 5.41) is 0. The zero-order valence-electron chi connectivity index (χ0n) is 11.2. The summed E-state index contributed by atoms with van der Waals surface area (Å²) >= 11 is 0. The molecule has 2 fully saturated rings. The fourth-order valence-corrected chi connectivity index (χ4v) is 3.49. The van der Waals surface area contributed by atoms with Crippen LogP contribution in [-0.2, 0) is 0 Å². The van der Waals surface area contributed by atoms with E-state index in [2.05, 4.69) is 11.8 Å². The van der Waals surface area contributed by atoms with Gasteiger partial charge in [-0.2, -0.15) is 0 Å². The summed E-state index contributed by atoms with van der Waals surface area (Å²) in [5.41, 5.74) is 5.90. The van der Waals surface area contributed by atoms with Gasteiger partial charge in [0.1, 0.15) is 0 Å². The minimum absolute atomic E-state index is 0. The number of hydrogen-bond acceptors (Lipinski definition) is 2. The molecule has 0 bridgehead atoms. The molecule has 0 aromatic carbocycles. The Labute approximate surface area is 113 Å². The van der Waals surface area contributed by atoms with Crippen LogP contribution in [0, 0.1) is 11.8 Å². The van der Waals surface area contributed by atoms with E-state index in [0.29, 0.717) is 6.04 Å². The predicted octanol–water partition coefficient (Wildman–Crippen LogP) is 3.05. The smallest absolute Gasteiger partial charge is 0.0220 e. The van der Waals surface area contributed by atoms with Crippen LogP contribution in [0.15, 0.2) is 0 Å². The number of rotatable bonds is 4. The van der Waals surface area contributed by atoms with Gasteiger partial charge in [-0.15, -0.1) is 12.4 Å². The monoisotopic (exact) mass is 260 g/mol. The first-order valence-electron chi connectivity index (χ1n) is 7.23. The van der Waals surface area contributed by atoms with Gasteiger partial charge in [0.05, 0.1) is 0 Å². The number of likely N-dealkylation sites (tertiary alicyclic amines) is 1. The van der Waals surface area contributed by atoms with Gasteiger partial charge in [-0.3, -0.25) is 4.90 Å². The van der Waals surface area contributed by atoms with Crippen LogP contribution in [-0.4, -0.2) is 30.6 Å². The third-order valence-corrected chi connectivity index (χ3v) is 4.67. The Morgan fingerprint density at radius 2 is 1.88 bits per heavy atom. The highest BCUT2D eigenvalue weighted by molar-refractivity contribution is 5.85. The molecule has 3 heteroatoms. The van der Waals surface area contributed by atoms with Crippen LogP contribution in [0.5, 0.6) is 0 Å². The van der Waals surface area contributed by atoms with Crippen molar-refractivity contribution in [3.63, 3.8) is 0 Å². The second kappa shape index (κ2) is 7.60. The van der Waals surface area contributed by atoms with E-state index in [1.165, 1.54) is 58.0 Å². The van der Waals surface area contributed by atoms with Crippen molar-refractivity contribution in [3.8, 4) is 0 Å². The highest BCUT2D eigenvalue weighted by Crippen LogP contribution is 2.29. The summed E-state index contributed by atoms with van der Waals surface area (Å²) in [6.07, 6.45) is 10.0. The first-order chi connectivity index (χ1) is 7.79. The van der Waals surface area contributed by atoms with Gasteiger partial charge in [-0.1, -0.05) is 32.6 Å². The number of piperidine rings is 1. The SMILES string of the molecule is CC1CCN(CCC2CCCC2)C(CN)C1.Cl. The maximum absolute atomic E-state index is 5.90. The van der Waals surface area contributed by atoms with E-state index in [-0.39, 0.29) is 12.4 Å².